The summed E-state index contributed by atoms with van der Waals surface area (Å²) in [5.74, 6) is 0.650. The Morgan fingerprint density at radius 2 is 1.94 bits per heavy atom. The van der Waals surface area contributed by atoms with Gasteiger partial charge in [0.05, 0.1) is 0 Å². The van der Waals surface area contributed by atoms with E-state index in [1.165, 1.54) is 5.56 Å². The van der Waals surface area contributed by atoms with E-state index in [1.807, 2.05) is 32.9 Å². The van der Waals surface area contributed by atoms with Crippen molar-refractivity contribution in [3.05, 3.63) is 34.9 Å². The maximum absolute atomic E-state index is 12.2. The number of carbonyl (C=O) groups is 1. The molecule has 1 rings (SSSR count). The summed E-state index contributed by atoms with van der Waals surface area (Å²) in [5, 5.41) is 0. The molecule has 0 bridgehead atoms. The van der Waals surface area contributed by atoms with E-state index in [2.05, 4.69) is 19.9 Å². The summed E-state index contributed by atoms with van der Waals surface area (Å²) in [7, 11) is 0. The van der Waals surface area contributed by atoms with Crippen LogP contribution in [0.2, 0.25) is 0 Å². The molecule has 1 aromatic rings. The Hall–Kier alpha value is -1.15. The predicted molar refractivity (Wildman–Crippen MR) is 77.1 cm³/mol. The molecule has 0 aromatic heterocycles. The number of hydrogen-bond acceptors (Lipinski definition) is 2. The molecule has 0 saturated carbocycles. The molecule has 0 aliphatic rings. The van der Waals surface area contributed by atoms with Gasteiger partial charge >= 0.3 is 0 Å². The van der Waals surface area contributed by atoms with E-state index in [-0.39, 0.29) is 11.3 Å². The van der Waals surface area contributed by atoms with Crippen molar-refractivity contribution in [3.63, 3.8) is 0 Å². The van der Waals surface area contributed by atoms with Gasteiger partial charge in [0.2, 0.25) is 0 Å². The number of benzene rings is 1. The van der Waals surface area contributed by atoms with E-state index in [0.717, 1.165) is 17.5 Å². The lowest BCUT2D eigenvalue weighted by molar-refractivity contribution is 0.0972. The molecule has 0 radical (unpaired) electrons. The van der Waals surface area contributed by atoms with Crippen LogP contribution in [0.4, 0.5) is 0 Å². The highest BCUT2D eigenvalue weighted by molar-refractivity contribution is 5.97. The summed E-state index contributed by atoms with van der Waals surface area (Å²) in [6.45, 7) is 10.2. The minimum atomic E-state index is -0.279. The molecular formula is C16H25NO. The van der Waals surface area contributed by atoms with Gasteiger partial charge in [-0.1, -0.05) is 26.0 Å². The first-order valence-electron chi connectivity index (χ1n) is 6.63. The van der Waals surface area contributed by atoms with Crippen molar-refractivity contribution in [2.24, 2.45) is 5.73 Å². The van der Waals surface area contributed by atoms with Crippen LogP contribution in [0.15, 0.2) is 18.2 Å². The van der Waals surface area contributed by atoms with E-state index >= 15 is 0 Å². The van der Waals surface area contributed by atoms with Crippen molar-refractivity contribution in [1.82, 2.24) is 0 Å². The molecule has 0 fully saturated rings. The van der Waals surface area contributed by atoms with Crippen LogP contribution in [0.3, 0.4) is 0 Å². The number of nitrogens with two attached hydrogens (primary N) is 1. The smallest absolute Gasteiger partial charge is 0.163 e. The molecule has 0 amide bonds. The highest BCUT2D eigenvalue weighted by atomic mass is 16.1. The van der Waals surface area contributed by atoms with E-state index in [9.17, 15) is 4.79 Å². The first kappa shape index (κ1) is 14.9. The quantitative estimate of drug-likeness (QED) is 0.804. The summed E-state index contributed by atoms with van der Waals surface area (Å²) < 4.78 is 0. The zero-order chi connectivity index (χ0) is 13.9. The van der Waals surface area contributed by atoms with E-state index < -0.39 is 0 Å². The number of Topliss-reactive ketones (excluding diaryl/α,β-unsaturated/α-hetero) is 1. The lowest BCUT2D eigenvalue weighted by Gasteiger charge is -2.18. The second kappa shape index (κ2) is 5.66. The van der Waals surface area contributed by atoms with Gasteiger partial charge in [-0.15, -0.1) is 0 Å². The van der Waals surface area contributed by atoms with Crippen molar-refractivity contribution in [1.29, 1.82) is 0 Å². The average molecular weight is 247 g/mol. The third-order valence-corrected chi connectivity index (χ3v) is 3.23. The van der Waals surface area contributed by atoms with Crippen molar-refractivity contribution in [2.75, 3.05) is 0 Å². The van der Waals surface area contributed by atoms with Gasteiger partial charge in [0.15, 0.2) is 5.78 Å². The lowest BCUT2D eigenvalue weighted by atomic mass is 9.91. The normalized spacial score (nSPS) is 11.9. The van der Waals surface area contributed by atoms with Crippen LogP contribution in [0.5, 0.6) is 0 Å². The molecule has 0 spiro atoms. The Bertz CT molecular complexity index is 427. The second-order valence-corrected chi connectivity index (χ2v) is 6.14. The maximum Gasteiger partial charge on any atom is 0.163 e. The predicted octanol–water partition coefficient (Wildman–Crippen LogP) is 3.82. The summed E-state index contributed by atoms with van der Waals surface area (Å²) in [4.78, 5) is 12.2. The Morgan fingerprint density at radius 1 is 1.33 bits per heavy atom. The molecule has 0 unspecified atom stereocenters. The van der Waals surface area contributed by atoms with Crippen molar-refractivity contribution < 1.29 is 4.79 Å². The number of carbonyl (C=O) groups excluding carboxylic acids is 1. The minimum absolute atomic E-state index is 0.202. The fraction of sp³-hybridized carbons (Fsp3) is 0.562. The lowest BCUT2D eigenvalue weighted by Crippen LogP contribution is -2.32. The molecule has 2 nitrogen and oxygen atoms in total. The van der Waals surface area contributed by atoms with Gasteiger partial charge in [0.25, 0.3) is 0 Å². The first-order valence-corrected chi connectivity index (χ1v) is 6.63. The summed E-state index contributed by atoms with van der Waals surface area (Å²) in [6.07, 6.45) is 1.24. The van der Waals surface area contributed by atoms with Crippen LogP contribution in [0, 0.1) is 6.92 Å². The molecule has 2 heteroatoms. The van der Waals surface area contributed by atoms with Gasteiger partial charge in [0.1, 0.15) is 0 Å². The number of rotatable bonds is 5. The minimum Gasteiger partial charge on any atom is -0.326 e. The summed E-state index contributed by atoms with van der Waals surface area (Å²) in [5.41, 5.74) is 8.77. The third kappa shape index (κ3) is 4.26. The van der Waals surface area contributed by atoms with Gasteiger partial charge in [-0.25, -0.2) is 0 Å². The third-order valence-electron chi connectivity index (χ3n) is 3.23. The van der Waals surface area contributed by atoms with Crippen molar-refractivity contribution >= 4 is 5.78 Å². The first-order chi connectivity index (χ1) is 8.20. The SMILES string of the molecule is Cc1ccc(C(C)C)cc1C(=O)CCC(C)(C)N. The van der Waals surface area contributed by atoms with Crippen molar-refractivity contribution in [3.8, 4) is 0 Å². The van der Waals surface area contributed by atoms with Crippen LogP contribution >= 0.6 is 0 Å². The maximum atomic E-state index is 12.2. The Kier molecular flexibility index (Phi) is 4.69. The molecule has 1 aromatic carbocycles. The molecule has 0 aliphatic carbocycles. The molecular weight excluding hydrogens is 222 g/mol. The molecule has 18 heavy (non-hydrogen) atoms. The van der Waals surface area contributed by atoms with Gasteiger partial charge in [-0.2, -0.15) is 0 Å². The Balaban J connectivity index is 2.88. The van der Waals surface area contributed by atoms with E-state index in [4.69, 9.17) is 5.73 Å². The Labute approximate surface area is 111 Å². The zero-order valence-corrected chi connectivity index (χ0v) is 12.2. The highest BCUT2D eigenvalue weighted by Gasteiger charge is 2.16. The molecule has 0 atom stereocenters. The molecule has 0 saturated heterocycles. The highest BCUT2D eigenvalue weighted by Crippen LogP contribution is 2.21. The summed E-state index contributed by atoms with van der Waals surface area (Å²) in [6, 6.07) is 6.17. The van der Waals surface area contributed by atoms with E-state index in [1.54, 1.807) is 0 Å². The van der Waals surface area contributed by atoms with Crippen LogP contribution in [0.25, 0.3) is 0 Å². The summed E-state index contributed by atoms with van der Waals surface area (Å²) >= 11 is 0. The number of ketones is 1. The molecule has 0 heterocycles. The largest absolute Gasteiger partial charge is 0.326 e. The molecule has 0 aliphatic heterocycles. The van der Waals surface area contributed by atoms with Gasteiger partial charge < -0.3 is 5.73 Å². The van der Waals surface area contributed by atoms with Crippen LogP contribution in [0.1, 0.15) is 67.9 Å². The monoisotopic (exact) mass is 247 g/mol. The average Bonchev–Trinajstić information content (AvgIpc) is 2.25. The van der Waals surface area contributed by atoms with Gasteiger partial charge in [0, 0.05) is 17.5 Å². The Morgan fingerprint density at radius 3 is 2.44 bits per heavy atom. The van der Waals surface area contributed by atoms with E-state index in [0.29, 0.717) is 12.3 Å². The fourth-order valence-corrected chi connectivity index (χ4v) is 1.87. The standard InChI is InChI=1S/C16H25NO/c1-11(2)13-7-6-12(3)14(10-13)15(18)8-9-16(4,5)17/h6-7,10-11H,8-9,17H2,1-5H3. The molecule has 100 valence electrons. The van der Waals surface area contributed by atoms with Crippen molar-refractivity contribution in [2.45, 2.75) is 58.9 Å². The second-order valence-electron chi connectivity index (χ2n) is 6.14. The fourth-order valence-electron chi connectivity index (χ4n) is 1.87. The zero-order valence-electron chi connectivity index (χ0n) is 12.2. The van der Waals surface area contributed by atoms with Crippen LogP contribution in [-0.2, 0) is 0 Å². The topological polar surface area (TPSA) is 43.1 Å². The van der Waals surface area contributed by atoms with Gasteiger partial charge in [-0.05, 0) is 50.3 Å². The number of hydrogen-bond donors (Lipinski definition) is 1. The number of aryl methyl sites for hydroxylation is 1. The van der Waals surface area contributed by atoms with Crippen LogP contribution in [-0.4, -0.2) is 11.3 Å². The molecule has 2 N–H and O–H groups in total. The van der Waals surface area contributed by atoms with Gasteiger partial charge in [-0.3, -0.25) is 4.79 Å². The van der Waals surface area contributed by atoms with Crippen LogP contribution < -0.4 is 5.73 Å².